The highest BCUT2D eigenvalue weighted by Gasteiger charge is 2.61. The number of carbonyl (C=O) groups is 2. The first-order chi connectivity index (χ1) is 16.8. The lowest BCUT2D eigenvalue weighted by Crippen LogP contribution is -2.55. The maximum absolute atomic E-state index is 12.8. The van der Waals surface area contributed by atoms with Crippen LogP contribution >= 0.6 is 15.9 Å². The van der Waals surface area contributed by atoms with Crippen molar-refractivity contribution >= 4 is 27.9 Å². The van der Waals surface area contributed by atoms with Gasteiger partial charge in [-0.2, -0.15) is 0 Å². The lowest BCUT2D eigenvalue weighted by molar-refractivity contribution is -0.152. The monoisotopic (exact) mass is 538 g/mol. The lowest BCUT2D eigenvalue weighted by Gasteiger charge is -2.55. The van der Waals surface area contributed by atoms with Crippen LogP contribution in [0.1, 0.15) is 56.1 Å². The van der Waals surface area contributed by atoms with Crippen molar-refractivity contribution in [3.05, 3.63) is 63.1 Å². The fourth-order valence-electron chi connectivity index (χ4n) is 7.11. The summed E-state index contributed by atoms with van der Waals surface area (Å²) in [5.41, 5.74) is 2.24. The van der Waals surface area contributed by atoms with Crippen molar-refractivity contribution < 1.29 is 28.5 Å². The van der Waals surface area contributed by atoms with Gasteiger partial charge in [-0.25, -0.2) is 9.59 Å². The van der Waals surface area contributed by atoms with Gasteiger partial charge in [-0.3, -0.25) is 0 Å². The molecule has 7 heteroatoms. The first-order valence-electron chi connectivity index (χ1n) is 12.0. The number of hydrogen-bond acceptors (Lipinski definition) is 6. The van der Waals surface area contributed by atoms with E-state index in [1.165, 1.54) is 5.56 Å². The van der Waals surface area contributed by atoms with Crippen molar-refractivity contribution in [2.45, 2.75) is 50.5 Å². The molecule has 1 saturated carbocycles. The van der Waals surface area contributed by atoms with Gasteiger partial charge >= 0.3 is 11.9 Å². The molecule has 0 saturated heterocycles. The molecule has 1 fully saturated rings. The topological polar surface area (TPSA) is 71.1 Å². The molecule has 2 aliphatic carbocycles. The summed E-state index contributed by atoms with van der Waals surface area (Å²) in [5.74, 6) is 1.27. The van der Waals surface area contributed by atoms with Crippen LogP contribution in [-0.4, -0.2) is 31.8 Å². The fourth-order valence-corrected chi connectivity index (χ4v) is 7.68. The van der Waals surface area contributed by atoms with Gasteiger partial charge < -0.3 is 18.9 Å². The Kier molecular flexibility index (Phi) is 5.08. The zero-order chi connectivity index (χ0) is 24.5. The van der Waals surface area contributed by atoms with Gasteiger partial charge in [0, 0.05) is 34.5 Å². The molecule has 2 aromatic rings. The molecular formula is C28H27BrO6. The highest BCUT2D eigenvalue weighted by atomic mass is 79.9. The molecule has 0 unspecified atom stereocenters. The smallest absolute Gasteiger partial charge is 0.343 e. The molecule has 6 nitrogen and oxygen atoms in total. The zero-order valence-electron chi connectivity index (χ0n) is 20.0. The Labute approximate surface area is 212 Å². The van der Waals surface area contributed by atoms with Crippen LogP contribution in [-0.2, 0) is 14.3 Å². The van der Waals surface area contributed by atoms with E-state index in [4.69, 9.17) is 18.9 Å². The zero-order valence-corrected chi connectivity index (χ0v) is 21.6. The van der Waals surface area contributed by atoms with Crippen LogP contribution in [0.5, 0.6) is 17.2 Å². The van der Waals surface area contributed by atoms with Crippen LogP contribution in [0.4, 0.5) is 0 Å². The van der Waals surface area contributed by atoms with Crippen molar-refractivity contribution in [1.29, 1.82) is 0 Å². The summed E-state index contributed by atoms with van der Waals surface area (Å²) in [5, 5.41) is 0. The molecule has 0 radical (unpaired) electrons. The average molecular weight is 539 g/mol. The number of benzene rings is 2. The molecular weight excluding hydrogens is 512 g/mol. The summed E-state index contributed by atoms with van der Waals surface area (Å²) >= 11 is 3.75. The highest BCUT2D eigenvalue weighted by molar-refractivity contribution is 9.10. The van der Waals surface area contributed by atoms with E-state index in [0.717, 1.165) is 28.6 Å². The number of carbonyl (C=O) groups excluding carboxylic acids is 2. The van der Waals surface area contributed by atoms with Gasteiger partial charge in [-0.15, -0.1) is 0 Å². The maximum atomic E-state index is 12.8. The second kappa shape index (κ2) is 7.85. The minimum atomic E-state index is -0.564. The number of fused-ring (bicyclic) bond motifs is 3. The van der Waals surface area contributed by atoms with E-state index in [0.29, 0.717) is 41.9 Å². The number of halogens is 1. The lowest BCUT2D eigenvalue weighted by atomic mass is 9.55. The molecule has 4 aliphatic rings. The summed E-state index contributed by atoms with van der Waals surface area (Å²) in [6.45, 7) is 2.09. The van der Waals surface area contributed by atoms with Gasteiger partial charge in [-0.1, -0.05) is 37.3 Å². The van der Waals surface area contributed by atoms with E-state index in [9.17, 15) is 9.59 Å². The largest absolute Gasteiger partial charge is 0.496 e. The fraction of sp³-hybridized carbons (Fsp3) is 0.429. The Hall–Kier alpha value is -2.80. The van der Waals surface area contributed by atoms with Crippen molar-refractivity contribution in [2.75, 3.05) is 14.2 Å². The van der Waals surface area contributed by atoms with Crippen molar-refractivity contribution in [1.82, 2.24) is 0 Å². The Morgan fingerprint density at radius 2 is 1.77 bits per heavy atom. The second-order valence-corrected chi connectivity index (χ2v) is 11.1. The quantitative estimate of drug-likeness (QED) is 0.368. The third-order valence-electron chi connectivity index (χ3n) is 8.52. The minimum Gasteiger partial charge on any atom is -0.496 e. The molecule has 6 rings (SSSR count). The molecule has 1 spiro atoms. The van der Waals surface area contributed by atoms with Crippen molar-refractivity contribution in [3.8, 4) is 17.2 Å². The predicted octanol–water partition coefficient (Wildman–Crippen LogP) is 5.71. The number of hydrogen-bond donors (Lipinski definition) is 0. The SMILES string of the molecule is COc1cc(OC)c2c(c1Br)O[C@]13CCC4=C(C(=O)OC4=O)[C@](C)(CC[C@H]1[C@@H]2c1ccccc1)C3. The van der Waals surface area contributed by atoms with Crippen LogP contribution in [0.15, 0.2) is 52.0 Å². The number of cyclic esters (lactones) is 2. The standard InChI is InChI=1S/C28H27BrO6/c1-27-11-10-17-20(15-7-5-4-6-8-15)21-18(32-2)13-19(33-3)23(29)24(21)35-28(17,14-27)12-9-16-22(27)26(31)34-25(16)30/h4-8,13,17,20H,9-12,14H2,1-3H3/t17-,20-,27+,28-/m0/s1. The Balaban J connectivity index is 1.58. The van der Waals surface area contributed by atoms with E-state index in [1.54, 1.807) is 14.2 Å². The van der Waals surface area contributed by atoms with Crippen LogP contribution in [0.3, 0.4) is 0 Å². The minimum absolute atomic E-state index is 0.0252. The summed E-state index contributed by atoms with van der Waals surface area (Å²) in [4.78, 5) is 25.3. The number of ether oxygens (including phenoxy) is 4. The molecule has 2 heterocycles. The average Bonchev–Trinajstić information content (AvgIpc) is 3.10. The molecule has 2 aliphatic heterocycles. The molecule has 2 bridgehead atoms. The third kappa shape index (κ3) is 3.13. The van der Waals surface area contributed by atoms with Gasteiger partial charge in [0.2, 0.25) is 0 Å². The Bertz CT molecular complexity index is 1280. The second-order valence-electron chi connectivity index (χ2n) is 10.3. The summed E-state index contributed by atoms with van der Waals surface area (Å²) in [6.07, 6.45) is 3.36. The van der Waals surface area contributed by atoms with Gasteiger partial charge in [-0.05, 0) is 53.6 Å². The Morgan fingerprint density at radius 3 is 2.49 bits per heavy atom. The molecule has 182 valence electrons. The van der Waals surface area contributed by atoms with Gasteiger partial charge in [0.15, 0.2) is 0 Å². The number of esters is 2. The van der Waals surface area contributed by atoms with E-state index >= 15 is 0 Å². The molecule has 4 atom stereocenters. The van der Waals surface area contributed by atoms with Crippen LogP contribution in [0, 0.1) is 11.3 Å². The summed E-state index contributed by atoms with van der Waals surface area (Å²) in [7, 11) is 3.30. The van der Waals surface area contributed by atoms with E-state index in [1.807, 2.05) is 12.1 Å². The highest BCUT2D eigenvalue weighted by Crippen LogP contribution is 2.65. The molecule has 2 aromatic carbocycles. The normalized spacial score (nSPS) is 31.0. The molecule has 0 N–H and O–H groups in total. The first-order valence-corrected chi connectivity index (χ1v) is 12.8. The third-order valence-corrected chi connectivity index (χ3v) is 9.27. The molecule has 35 heavy (non-hydrogen) atoms. The van der Waals surface area contributed by atoms with Gasteiger partial charge in [0.05, 0.1) is 19.8 Å². The first kappa shape index (κ1) is 22.7. The molecule has 0 aromatic heterocycles. The van der Waals surface area contributed by atoms with E-state index in [-0.39, 0.29) is 11.8 Å². The maximum Gasteiger partial charge on any atom is 0.343 e. The molecule has 0 amide bonds. The summed E-state index contributed by atoms with van der Waals surface area (Å²) < 4.78 is 24.4. The van der Waals surface area contributed by atoms with Crippen molar-refractivity contribution in [3.63, 3.8) is 0 Å². The number of methoxy groups -OCH3 is 2. The van der Waals surface area contributed by atoms with E-state index < -0.39 is 23.0 Å². The van der Waals surface area contributed by atoms with Gasteiger partial charge in [0.1, 0.15) is 27.3 Å². The van der Waals surface area contributed by atoms with E-state index in [2.05, 4.69) is 47.1 Å². The van der Waals surface area contributed by atoms with Crippen molar-refractivity contribution in [2.24, 2.45) is 11.3 Å². The van der Waals surface area contributed by atoms with Crippen LogP contribution in [0.25, 0.3) is 0 Å². The van der Waals surface area contributed by atoms with Gasteiger partial charge in [0.25, 0.3) is 0 Å². The van der Waals surface area contributed by atoms with Crippen LogP contribution in [0.2, 0.25) is 0 Å². The Morgan fingerprint density at radius 1 is 1.03 bits per heavy atom. The number of rotatable bonds is 3. The predicted molar refractivity (Wildman–Crippen MR) is 132 cm³/mol. The van der Waals surface area contributed by atoms with Crippen LogP contribution < -0.4 is 14.2 Å². The summed E-state index contributed by atoms with van der Waals surface area (Å²) in [6, 6.07) is 12.4.